The van der Waals surface area contributed by atoms with E-state index in [-0.39, 0.29) is 11.9 Å². The predicted octanol–water partition coefficient (Wildman–Crippen LogP) is 0.496. The molecule has 0 radical (unpaired) electrons. The molecule has 0 aromatic rings. The summed E-state index contributed by atoms with van der Waals surface area (Å²) in [6, 6.07) is -0.0892. The molecular weight excluding hydrogens is 166 g/mol. The van der Waals surface area contributed by atoms with Crippen molar-refractivity contribution in [1.82, 2.24) is 10.6 Å². The Morgan fingerprint density at radius 3 is 2.46 bits per heavy atom. The topological polar surface area (TPSA) is 53.5 Å². The van der Waals surface area contributed by atoms with Crippen molar-refractivity contribution in [2.45, 2.75) is 32.7 Å². The van der Waals surface area contributed by atoms with Crippen LogP contribution in [0.5, 0.6) is 0 Å². The summed E-state index contributed by atoms with van der Waals surface area (Å²) in [5.74, 6) is 1.05. The lowest BCUT2D eigenvalue weighted by Gasteiger charge is -2.17. The fraction of sp³-hybridized carbons (Fsp3) is 0.778. The van der Waals surface area contributed by atoms with Gasteiger partial charge in [0, 0.05) is 7.05 Å². The van der Waals surface area contributed by atoms with E-state index in [4.69, 9.17) is 0 Å². The van der Waals surface area contributed by atoms with Gasteiger partial charge in [0.15, 0.2) is 5.96 Å². The van der Waals surface area contributed by atoms with Gasteiger partial charge < -0.3 is 5.32 Å². The second-order valence-corrected chi connectivity index (χ2v) is 3.26. The molecule has 1 fully saturated rings. The average molecular weight is 183 g/mol. The minimum absolute atomic E-state index is 0.0503. The first kappa shape index (κ1) is 10.0. The van der Waals surface area contributed by atoms with Crippen LogP contribution >= 0.6 is 0 Å². The Bertz CT molecular complexity index is 221. The third-order valence-electron chi connectivity index (χ3n) is 2.56. The average Bonchev–Trinajstić information content (AvgIpc) is 2.50. The number of amides is 1. The molecule has 0 aromatic carbocycles. The minimum Gasteiger partial charge on any atom is -0.344 e. The molecule has 2 N–H and O–H groups in total. The molecule has 1 unspecified atom stereocenters. The van der Waals surface area contributed by atoms with E-state index in [2.05, 4.69) is 29.5 Å². The highest BCUT2D eigenvalue weighted by Gasteiger charge is 2.32. The second kappa shape index (κ2) is 4.25. The van der Waals surface area contributed by atoms with Gasteiger partial charge in [-0.3, -0.25) is 15.1 Å². The van der Waals surface area contributed by atoms with E-state index in [9.17, 15) is 4.79 Å². The maximum Gasteiger partial charge on any atom is 0.249 e. The zero-order valence-corrected chi connectivity index (χ0v) is 8.42. The fourth-order valence-electron chi connectivity index (χ4n) is 1.66. The number of nitrogens with zero attached hydrogens (tertiary/aromatic N) is 1. The molecule has 1 rings (SSSR count). The maximum atomic E-state index is 11.4. The van der Waals surface area contributed by atoms with Crippen molar-refractivity contribution in [2.75, 3.05) is 7.05 Å². The summed E-state index contributed by atoms with van der Waals surface area (Å²) in [7, 11) is 1.66. The molecule has 4 nitrogen and oxygen atoms in total. The number of aliphatic imine (C=N–C) groups is 1. The van der Waals surface area contributed by atoms with E-state index in [1.54, 1.807) is 7.05 Å². The Morgan fingerprint density at radius 1 is 1.46 bits per heavy atom. The summed E-state index contributed by atoms with van der Waals surface area (Å²) in [4.78, 5) is 15.4. The van der Waals surface area contributed by atoms with E-state index < -0.39 is 0 Å². The zero-order chi connectivity index (χ0) is 9.84. The van der Waals surface area contributed by atoms with Crippen LogP contribution in [0.2, 0.25) is 0 Å². The number of guanidine groups is 1. The van der Waals surface area contributed by atoms with Gasteiger partial charge in [-0.1, -0.05) is 26.7 Å². The van der Waals surface area contributed by atoms with Crippen LogP contribution in [-0.2, 0) is 4.79 Å². The maximum absolute atomic E-state index is 11.4. The van der Waals surface area contributed by atoms with Crippen LogP contribution in [0.15, 0.2) is 4.99 Å². The quantitative estimate of drug-likeness (QED) is 0.669. The summed E-state index contributed by atoms with van der Waals surface area (Å²) in [6.45, 7) is 4.20. The normalized spacial score (nSPS) is 25.1. The van der Waals surface area contributed by atoms with Crippen molar-refractivity contribution in [1.29, 1.82) is 0 Å². The van der Waals surface area contributed by atoms with Gasteiger partial charge in [-0.05, 0) is 5.92 Å². The van der Waals surface area contributed by atoms with E-state index >= 15 is 0 Å². The van der Waals surface area contributed by atoms with Gasteiger partial charge in [-0.15, -0.1) is 0 Å². The second-order valence-electron chi connectivity index (χ2n) is 3.26. The summed E-state index contributed by atoms with van der Waals surface area (Å²) in [5, 5.41) is 5.78. The first-order valence-electron chi connectivity index (χ1n) is 4.77. The SMILES string of the molecule is CCC(CC)C1NC(=NC)NC1=O. The highest BCUT2D eigenvalue weighted by Crippen LogP contribution is 2.15. The van der Waals surface area contributed by atoms with Gasteiger partial charge in [0.1, 0.15) is 6.04 Å². The molecule has 1 saturated heterocycles. The Morgan fingerprint density at radius 2 is 2.08 bits per heavy atom. The molecule has 1 aliphatic heterocycles. The Hall–Kier alpha value is -1.06. The molecule has 0 aliphatic carbocycles. The first-order valence-corrected chi connectivity index (χ1v) is 4.77. The standard InChI is InChI=1S/C9H17N3O/c1-4-6(5-2)7-8(13)12-9(10-3)11-7/h6-7H,4-5H2,1-3H3,(H2,10,11,12,13). The fourth-order valence-corrected chi connectivity index (χ4v) is 1.66. The third-order valence-corrected chi connectivity index (χ3v) is 2.56. The number of hydrogen-bond donors (Lipinski definition) is 2. The van der Waals surface area contributed by atoms with Crippen molar-refractivity contribution in [3.8, 4) is 0 Å². The molecule has 0 saturated carbocycles. The van der Waals surface area contributed by atoms with Crippen molar-refractivity contribution < 1.29 is 4.79 Å². The largest absolute Gasteiger partial charge is 0.344 e. The minimum atomic E-state index is -0.0892. The number of carbonyl (C=O) groups excluding carboxylic acids is 1. The van der Waals surface area contributed by atoms with Crippen molar-refractivity contribution in [2.24, 2.45) is 10.9 Å². The molecular formula is C9H17N3O. The molecule has 74 valence electrons. The van der Waals surface area contributed by atoms with Crippen LogP contribution in [0.1, 0.15) is 26.7 Å². The van der Waals surface area contributed by atoms with E-state index in [1.165, 1.54) is 0 Å². The van der Waals surface area contributed by atoms with Crippen LogP contribution in [-0.4, -0.2) is 25.0 Å². The van der Waals surface area contributed by atoms with Crippen molar-refractivity contribution >= 4 is 11.9 Å². The molecule has 0 spiro atoms. The van der Waals surface area contributed by atoms with Crippen LogP contribution in [0.4, 0.5) is 0 Å². The number of rotatable bonds is 3. The van der Waals surface area contributed by atoms with E-state index in [0.717, 1.165) is 12.8 Å². The van der Waals surface area contributed by atoms with Gasteiger partial charge in [0.05, 0.1) is 0 Å². The molecule has 1 heterocycles. The Kier molecular flexibility index (Phi) is 3.28. The first-order chi connectivity index (χ1) is 6.22. The van der Waals surface area contributed by atoms with Gasteiger partial charge in [0.25, 0.3) is 0 Å². The van der Waals surface area contributed by atoms with Gasteiger partial charge in [-0.2, -0.15) is 0 Å². The molecule has 13 heavy (non-hydrogen) atoms. The molecule has 1 aliphatic rings. The zero-order valence-electron chi connectivity index (χ0n) is 8.42. The van der Waals surface area contributed by atoms with Gasteiger partial charge in [-0.25, -0.2) is 0 Å². The molecule has 1 atom stereocenters. The lowest BCUT2D eigenvalue weighted by atomic mass is 9.94. The van der Waals surface area contributed by atoms with Crippen molar-refractivity contribution in [3.63, 3.8) is 0 Å². The third kappa shape index (κ3) is 1.99. The van der Waals surface area contributed by atoms with Crippen LogP contribution < -0.4 is 10.6 Å². The number of nitrogens with one attached hydrogen (secondary N) is 2. The molecule has 4 heteroatoms. The highest BCUT2D eigenvalue weighted by atomic mass is 16.2. The van der Waals surface area contributed by atoms with Crippen LogP contribution in [0.3, 0.4) is 0 Å². The number of hydrogen-bond acceptors (Lipinski definition) is 2. The van der Waals surface area contributed by atoms with E-state index in [0.29, 0.717) is 11.9 Å². The molecule has 0 aromatic heterocycles. The Labute approximate surface area is 78.8 Å². The highest BCUT2D eigenvalue weighted by molar-refractivity contribution is 6.06. The monoisotopic (exact) mass is 183 g/mol. The summed E-state index contributed by atoms with van der Waals surface area (Å²) in [6.07, 6.45) is 2.02. The van der Waals surface area contributed by atoms with Crippen LogP contribution in [0.25, 0.3) is 0 Å². The van der Waals surface area contributed by atoms with E-state index in [1.807, 2.05) is 0 Å². The Balaban J connectivity index is 2.66. The van der Waals surface area contributed by atoms with Crippen molar-refractivity contribution in [3.05, 3.63) is 0 Å². The summed E-state index contributed by atoms with van der Waals surface area (Å²) in [5.41, 5.74) is 0. The predicted molar refractivity (Wildman–Crippen MR) is 52.5 cm³/mol. The number of carbonyl (C=O) groups is 1. The lowest BCUT2D eigenvalue weighted by molar-refractivity contribution is -0.121. The smallest absolute Gasteiger partial charge is 0.249 e. The van der Waals surface area contributed by atoms with Crippen LogP contribution in [0, 0.1) is 5.92 Å². The molecule has 0 bridgehead atoms. The summed E-state index contributed by atoms with van der Waals surface area (Å²) < 4.78 is 0. The molecule has 1 amide bonds. The van der Waals surface area contributed by atoms with Gasteiger partial charge in [0.2, 0.25) is 5.91 Å². The summed E-state index contributed by atoms with van der Waals surface area (Å²) >= 11 is 0. The van der Waals surface area contributed by atoms with Gasteiger partial charge >= 0.3 is 0 Å². The lowest BCUT2D eigenvalue weighted by Crippen LogP contribution is -2.36.